The maximum atomic E-state index is 9.06. The number of guanidine groups is 1. The van der Waals surface area contributed by atoms with E-state index in [2.05, 4.69) is 24.5 Å². The van der Waals surface area contributed by atoms with Gasteiger partial charge in [-0.15, -0.1) is 0 Å². The molecule has 0 aromatic heterocycles. The first-order chi connectivity index (χ1) is 9.15. The molecule has 1 fully saturated rings. The predicted molar refractivity (Wildman–Crippen MR) is 81.4 cm³/mol. The van der Waals surface area contributed by atoms with E-state index in [1.54, 1.807) is 0 Å². The minimum absolute atomic E-state index is 0.214. The average molecular weight is 269 g/mol. The molecular weight excluding hydrogens is 238 g/mol. The minimum atomic E-state index is 0.214. The van der Waals surface area contributed by atoms with Crippen LogP contribution in [0.2, 0.25) is 0 Å². The van der Waals surface area contributed by atoms with Crippen LogP contribution in [-0.4, -0.2) is 37.3 Å². The molecule has 0 radical (unpaired) electrons. The van der Waals surface area contributed by atoms with Gasteiger partial charge in [0.2, 0.25) is 0 Å². The highest BCUT2D eigenvalue weighted by Crippen LogP contribution is 2.41. The normalized spacial score (nSPS) is 20.3. The molecule has 4 heteroatoms. The van der Waals surface area contributed by atoms with Gasteiger partial charge < -0.3 is 15.7 Å². The zero-order chi connectivity index (χ0) is 14.1. The van der Waals surface area contributed by atoms with E-state index in [4.69, 9.17) is 10.1 Å². The number of hydrogen-bond donors (Lipinski definition) is 3. The molecule has 0 spiro atoms. The second-order valence-corrected chi connectivity index (χ2v) is 5.92. The van der Waals surface area contributed by atoms with Crippen molar-refractivity contribution < 1.29 is 5.11 Å². The fraction of sp³-hybridized carbons (Fsp3) is 0.933. The highest BCUT2D eigenvalue weighted by molar-refractivity contribution is 5.79. The van der Waals surface area contributed by atoms with Gasteiger partial charge in [0.05, 0.1) is 0 Å². The Morgan fingerprint density at radius 2 is 1.95 bits per heavy atom. The summed E-state index contributed by atoms with van der Waals surface area (Å²) in [6, 6.07) is 0. The Labute approximate surface area is 118 Å². The Kier molecular flexibility index (Phi) is 7.21. The molecule has 0 bridgehead atoms. The minimum Gasteiger partial charge on any atom is -0.396 e. The van der Waals surface area contributed by atoms with Gasteiger partial charge in [0, 0.05) is 26.2 Å². The Bertz CT molecular complexity index is 273. The molecule has 0 aliphatic heterocycles. The third-order valence-corrected chi connectivity index (χ3v) is 4.26. The molecule has 1 aliphatic rings. The summed E-state index contributed by atoms with van der Waals surface area (Å²) in [7, 11) is 0. The molecule has 0 amide bonds. The molecule has 1 atom stereocenters. The molecule has 0 saturated heterocycles. The van der Waals surface area contributed by atoms with Gasteiger partial charge in [-0.1, -0.05) is 26.7 Å². The fourth-order valence-corrected chi connectivity index (χ4v) is 2.67. The number of nitrogens with one attached hydrogen (secondary N) is 2. The standard InChI is InChI=1S/C15H31N3O/c1-4-15(8-6-7-9-15)12-18-14(16-5-2)17-10-13(3)11-19/h13,19H,4-12H2,1-3H3,(H2,16,17,18). The van der Waals surface area contributed by atoms with E-state index in [0.29, 0.717) is 5.41 Å². The van der Waals surface area contributed by atoms with Gasteiger partial charge in [0.1, 0.15) is 0 Å². The first kappa shape index (κ1) is 16.3. The van der Waals surface area contributed by atoms with E-state index in [9.17, 15) is 0 Å². The van der Waals surface area contributed by atoms with E-state index >= 15 is 0 Å². The van der Waals surface area contributed by atoms with Crippen LogP contribution < -0.4 is 10.6 Å². The molecular formula is C15H31N3O. The molecule has 0 aromatic rings. The quantitative estimate of drug-likeness (QED) is 0.490. The lowest BCUT2D eigenvalue weighted by Gasteiger charge is -2.25. The highest BCUT2D eigenvalue weighted by Gasteiger charge is 2.31. The van der Waals surface area contributed by atoms with Gasteiger partial charge >= 0.3 is 0 Å². The van der Waals surface area contributed by atoms with Crippen LogP contribution in [0.25, 0.3) is 0 Å². The zero-order valence-corrected chi connectivity index (χ0v) is 12.8. The van der Waals surface area contributed by atoms with Crippen molar-refractivity contribution in [3.63, 3.8) is 0 Å². The van der Waals surface area contributed by atoms with Gasteiger partial charge in [-0.05, 0) is 37.5 Å². The van der Waals surface area contributed by atoms with E-state index in [0.717, 1.165) is 25.6 Å². The van der Waals surface area contributed by atoms with E-state index in [1.165, 1.54) is 32.1 Å². The zero-order valence-electron chi connectivity index (χ0n) is 12.8. The van der Waals surface area contributed by atoms with Crippen molar-refractivity contribution >= 4 is 5.96 Å². The Morgan fingerprint density at radius 1 is 1.26 bits per heavy atom. The first-order valence-corrected chi connectivity index (χ1v) is 7.79. The summed E-state index contributed by atoms with van der Waals surface area (Å²) < 4.78 is 0. The summed E-state index contributed by atoms with van der Waals surface area (Å²) in [5.41, 5.74) is 0.435. The average Bonchev–Trinajstić information content (AvgIpc) is 2.91. The monoisotopic (exact) mass is 269 g/mol. The van der Waals surface area contributed by atoms with E-state index in [1.807, 2.05) is 6.92 Å². The SMILES string of the molecule is CCNC(=NCC1(CC)CCCC1)NCC(C)CO. The maximum absolute atomic E-state index is 9.06. The molecule has 1 unspecified atom stereocenters. The van der Waals surface area contributed by atoms with Gasteiger partial charge in [-0.25, -0.2) is 0 Å². The molecule has 4 nitrogen and oxygen atoms in total. The Balaban J connectivity index is 2.51. The lowest BCUT2D eigenvalue weighted by molar-refractivity contribution is 0.238. The number of rotatable bonds is 7. The predicted octanol–water partition coefficient (Wildman–Crippen LogP) is 2.14. The fourth-order valence-electron chi connectivity index (χ4n) is 2.67. The maximum Gasteiger partial charge on any atom is 0.191 e. The number of aliphatic imine (C=N–C) groups is 1. The van der Waals surface area contributed by atoms with Crippen molar-refractivity contribution in [1.29, 1.82) is 0 Å². The Morgan fingerprint density at radius 3 is 2.47 bits per heavy atom. The van der Waals surface area contributed by atoms with Gasteiger partial charge in [-0.3, -0.25) is 4.99 Å². The number of hydrogen-bond acceptors (Lipinski definition) is 2. The Hall–Kier alpha value is -0.770. The highest BCUT2D eigenvalue weighted by atomic mass is 16.3. The summed E-state index contributed by atoms with van der Waals surface area (Å²) in [5, 5.41) is 15.7. The number of aliphatic hydroxyl groups excluding tert-OH is 1. The lowest BCUT2D eigenvalue weighted by Crippen LogP contribution is -2.40. The summed E-state index contributed by atoms with van der Waals surface area (Å²) in [5.74, 6) is 1.15. The van der Waals surface area contributed by atoms with E-state index in [-0.39, 0.29) is 12.5 Å². The molecule has 3 N–H and O–H groups in total. The third kappa shape index (κ3) is 5.39. The van der Waals surface area contributed by atoms with Crippen molar-refractivity contribution in [2.75, 3.05) is 26.2 Å². The first-order valence-electron chi connectivity index (χ1n) is 7.79. The molecule has 1 saturated carbocycles. The van der Waals surface area contributed by atoms with Crippen molar-refractivity contribution in [3.05, 3.63) is 0 Å². The van der Waals surface area contributed by atoms with E-state index < -0.39 is 0 Å². The summed E-state index contributed by atoms with van der Waals surface area (Å²) in [4.78, 5) is 4.76. The molecule has 1 aliphatic carbocycles. The second kappa shape index (κ2) is 8.41. The van der Waals surface area contributed by atoms with Crippen molar-refractivity contribution in [2.45, 2.75) is 52.9 Å². The van der Waals surface area contributed by atoms with Gasteiger partial charge in [0.15, 0.2) is 5.96 Å². The van der Waals surface area contributed by atoms with Crippen molar-refractivity contribution in [3.8, 4) is 0 Å². The van der Waals surface area contributed by atoms with Crippen LogP contribution in [0.15, 0.2) is 4.99 Å². The molecule has 0 heterocycles. The van der Waals surface area contributed by atoms with Gasteiger partial charge in [-0.2, -0.15) is 0 Å². The van der Waals surface area contributed by atoms with Crippen LogP contribution in [0, 0.1) is 11.3 Å². The smallest absolute Gasteiger partial charge is 0.191 e. The molecule has 1 rings (SSSR count). The summed E-state index contributed by atoms with van der Waals surface area (Å²) in [6.45, 7) is 9.17. The lowest BCUT2D eigenvalue weighted by atomic mass is 9.84. The van der Waals surface area contributed by atoms with Crippen LogP contribution >= 0.6 is 0 Å². The molecule has 19 heavy (non-hydrogen) atoms. The topological polar surface area (TPSA) is 56.7 Å². The summed E-state index contributed by atoms with van der Waals surface area (Å²) >= 11 is 0. The van der Waals surface area contributed by atoms with Crippen LogP contribution in [0.5, 0.6) is 0 Å². The van der Waals surface area contributed by atoms with Crippen molar-refractivity contribution in [2.24, 2.45) is 16.3 Å². The van der Waals surface area contributed by atoms with Crippen molar-refractivity contribution in [1.82, 2.24) is 10.6 Å². The molecule has 0 aromatic carbocycles. The molecule has 112 valence electrons. The third-order valence-electron chi connectivity index (χ3n) is 4.26. The van der Waals surface area contributed by atoms with Crippen LogP contribution in [-0.2, 0) is 0 Å². The largest absolute Gasteiger partial charge is 0.396 e. The second-order valence-electron chi connectivity index (χ2n) is 5.92. The number of nitrogens with zero attached hydrogens (tertiary/aromatic N) is 1. The van der Waals surface area contributed by atoms with Crippen LogP contribution in [0.3, 0.4) is 0 Å². The van der Waals surface area contributed by atoms with Crippen LogP contribution in [0.1, 0.15) is 52.9 Å². The van der Waals surface area contributed by atoms with Crippen LogP contribution in [0.4, 0.5) is 0 Å². The number of aliphatic hydroxyl groups is 1. The van der Waals surface area contributed by atoms with Gasteiger partial charge in [0.25, 0.3) is 0 Å². The summed E-state index contributed by atoms with van der Waals surface area (Å²) in [6.07, 6.45) is 6.57.